The van der Waals surface area contributed by atoms with E-state index in [9.17, 15) is 0 Å². The van der Waals surface area contributed by atoms with Crippen LogP contribution < -0.4 is 0 Å². The maximum Gasteiger partial charge on any atom is 0.266 e. The lowest BCUT2D eigenvalue weighted by atomic mass is 10.3. The van der Waals surface area contributed by atoms with Crippen molar-refractivity contribution >= 4 is 45.9 Å². The van der Waals surface area contributed by atoms with E-state index in [2.05, 4.69) is 4.98 Å². The van der Waals surface area contributed by atoms with Crippen molar-refractivity contribution in [3.05, 3.63) is 24.1 Å². The van der Waals surface area contributed by atoms with Gasteiger partial charge in [-0.05, 0) is 12.1 Å². The molecule has 1 aromatic carbocycles. The number of hydrogen-bond acceptors (Lipinski definition) is 3. The lowest BCUT2D eigenvalue weighted by Gasteiger charge is -2.02. The predicted molar refractivity (Wildman–Crippen MR) is 54.9 cm³/mol. The molecule has 6 heteroatoms. The molecular weight excluding hydrogens is 248 g/mol. The van der Waals surface area contributed by atoms with Crippen LogP contribution in [0.2, 0.25) is 0 Å². The first-order valence-corrected chi connectivity index (χ1v) is 4.77. The Hall–Kier alpha value is -0.640. The molecule has 1 N–H and O–H groups in total. The van der Waals surface area contributed by atoms with E-state index in [4.69, 9.17) is 44.3 Å². The largest absolute Gasteiger partial charge is 0.508 e. The number of aromatic hydroxyl groups is 1. The molecule has 0 fully saturated rings. The SMILES string of the molecule is Oc1ccc2oc(C(Cl)(Cl)Cl)nc2c1. The van der Waals surface area contributed by atoms with Crippen LogP contribution in [0.5, 0.6) is 5.75 Å². The van der Waals surface area contributed by atoms with Gasteiger partial charge >= 0.3 is 0 Å². The van der Waals surface area contributed by atoms with Crippen molar-refractivity contribution in [1.29, 1.82) is 0 Å². The quantitative estimate of drug-likeness (QED) is 0.731. The summed E-state index contributed by atoms with van der Waals surface area (Å²) in [6.45, 7) is 0. The summed E-state index contributed by atoms with van der Waals surface area (Å²) in [6.07, 6.45) is 0. The van der Waals surface area contributed by atoms with Crippen molar-refractivity contribution in [2.45, 2.75) is 3.79 Å². The minimum absolute atomic E-state index is 0.0110. The zero-order valence-electron chi connectivity index (χ0n) is 6.67. The molecule has 0 aliphatic heterocycles. The molecule has 1 heterocycles. The maximum absolute atomic E-state index is 9.16. The smallest absolute Gasteiger partial charge is 0.266 e. The number of oxazole rings is 1. The molecule has 0 spiro atoms. The Kier molecular flexibility index (Phi) is 2.26. The molecule has 14 heavy (non-hydrogen) atoms. The van der Waals surface area contributed by atoms with Crippen LogP contribution in [-0.2, 0) is 3.79 Å². The average molecular weight is 252 g/mol. The molecule has 0 amide bonds. The van der Waals surface area contributed by atoms with Crippen molar-refractivity contribution in [3.63, 3.8) is 0 Å². The molecule has 0 radical (unpaired) electrons. The highest BCUT2D eigenvalue weighted by Crippen LogP contribution is 2.39. The van der Waals surface area contributed by atoms with Gasteiger partial charge in [-0.1, -0.05) is 34.8 Å². The fourth-order valence-electron chi connectivity index (χ4n) is 1.04. The Morgan fingerprint density at radius 2 is 2.00 bits per heavy atom. The highest BCUT2D eigenvalue weighted by molar-refractivity contribution is 6.66. The first-order chi connectivity index (χ1) is 6.47. The Morgan fingerprint density at radius 3 is 2.64 bits per heavy atom. The van der Waals surface area contributed by atoms with Gasteiger partial charge in [0.05, 0.1) is 0 Å². The Morgan fingerprint density at radius 1 is 1.29 bits per heavy atom. The summed E-state index contributed by atoms with van der Waals surface area (Å²) in [5, 5.41) is 9.16. The minimum atomic E-state index is -1.69. The van der Waals surface area contributed by atoms with E-state index < -0.39 is 3.79 Å². The van der Waals surface area contributed by atoms with E-state index >= 15 is 0 Å². The third kappa shape index (κ3) is 1.75. The number of phenolic OH excluding ortho intramolecular Hbond substituents is 1. The zero-order valence-corrected chi connectivity index (χ0v) is 8.94. The molecule has 74 valence electrons. The minimum Gasteiger partial charge on any atom is -0.508 e. The van der Waals surface area contributed by atoms with Gasteiger partial charge in [-0.3, -0.25) is 0 Å². The highest BCUT2D eigenvalue weighted by Gasteiger charge is 2.29. The normalized spacial score (nSPS) is 12.2. The third-order valence-corrected chi connectivity index (χ3v) is 2.10. The summed E-state index contributed by atoms with van der Waals surface area (Å²) < 4.78 is 3.48. The first-order valence-electron chi connectivity index (χ1n) is 3.63. The van der Waals surface area contributed by atoms with Crippen LogP contribution >= 0.6 is 34.8 Å². The van der Waals surface area contributed by atoms with Gasteiger partial charge < -0.3 is 9.52 Å². The Labute approximate surface area is 94.2 Å². The summed E-state index contributed by atoms with van der Waals surface area (Å²) in [6, 6.07) is 4.45. The number of rotatable bonds is 0. The van der Waals surface area contributed by atoms with Crippen molar-refractivity contribution in [2.24, 2.45) is 0 Å². The number of nitrogens with zero attached hydrogens (tertiary/aromatic N) is 1. The van der Waals surface area contributed by atoms with Crippen molar-refractivity contribution in [3.8, 4) is 5.75 Å². The standard InChI is InChI=1S/C8H4Cl3NO2/c9-8(10,11)7-12-5-3-4(13)1-2-6(5)14-7/h1-3,13H. The second kappa shape index (κ2) is 3.19. The number of halogens is 3. The Balaban J connectivity index is 2.63. The average Bonchev–Trinajstić information content (AvgIpc) is 2.45. The molecule has 0 bridgehead atoms. The third-order valence-electron chi connectivity index (χ3n) is 1.61. The topological polar surface area (TPSA) is 46.3 Å². The molecule has 0 saturated heterocycles. The molecular formula is C8H4Cl3NO2. The van der Waals surface area contributed by atoms with E-state index in [1.54, 1.807) is 6.07 Å². The molecule has 3 nitrogen and oxygen atoms in total. The fraction of sp³-hybridized carbons (Fsp3) is 0.125. The van der Waals surface area contributed by atoms with Gasteiger partial charge in [0.25, 0.3) is 3.79 Å². The van der Waals surface area contributed by atoms with Crippen LogP contribution in [0.25, 0.3) is 11.1 Å². The molecule has 0 aliphatic carbocycles. The number of aromatic nitrogens is 1. The van der Waals surface area contributed by atoms with Crippen LogP contribution in [0.1, 0.15) is 5.89 Å². The second-order valence-corrected chi connectivity index (χ2v) is 4.95. The summed E-state index contributed by atoms with van der Waals surface area (Å²) in [4.78, 5) is 3.92. The van der Waals surface area contributed by atoms with E-state index in [1.165, 1.54) is 12.1 Å². The van der Waals surface area contributed by atoms with E-state index in [1.807, 2.05) is 0 Å². The highest BCUT2D eigenvalue weighted by atomic mass is 35.6. The number of benzene rings is 1. The van der Waals surface area contributed by atoms with Crippen molar-refractivity contribution in [1.82, 2.24) is 4.98 Å². The molecule has 0 saturated carbocycles. The van der Waals surface area contributed by atoms with Gasteiger partial charge in [-0.25, -0.2) is 4.98 Å². The van der Waals surface area contributed by atoms with Crippen LogP contribution in [0.4, 0.5) is 0 Å². The summed E-state index contributed by atoms with van der Waals surface area (Å²) in [7, 11) is 0. The predicted octanol–water partition coefficient (Wildman–Crippen LogP) is 3.36. The van der Waals surface area contributed by atoms with Gasteiger partial charge in [-0.2, -0.15) is 0 Å². The van der Waals surface area contributed by atoms with Gasteiger partial charge in [0, 0.05) is 6.07 Å². The number of phenols is 1. The summed E-state index contributed by atoms with van der Waals surface area (Å²) in [5.74, 6) is 0.0739. The van der Waals surface area contributed by atoms with Crippen LogP contribution in [-0.4, -0.2) is 10.1 Å². The Bertz CT molecular complexity index is 475. The van der Waals surface area contributed by atoms with E-state index in [-0.39, 0.29) is 11.6 Å². The second-order valence-electron chi connectivity index (χ2n) is 2.67. The number of hydrogen-bond donors (Lipinski definition) is 1. The summed E-state index contributed by atoms with van der Waals surface area (Å²) in [5.41, 5.74) is 0.912. The molecule has 2 aromatic rings. The van der Waals surface area contributed by atoms with Gasteiger partial charge in [-0.15, -0.1) is 0 Å². The van der Waals surface area contributed by atoms with Gasteiger partial charge in [0.2, 0.25) is 5.89 Å². The fourth-order valence-corrected chi connectivity index (χ4v) is 1.28. The van der Waals surface area contributed by atoms with E-state index in [0.29, 0.717) is 11.1 Å². The summed E-state index contributed by atoms with van der Waals surface area (Å²) >= 11 is 16.7. The van der Waals surface area contributed by atoms with Crippen LogP contribution in [0.15, 0.2) is 22.6 Å². The van der Waals surface area contributed by atoms with Crippen molar-refractivity contribution < 1.29 is 9.52 Å². The lowest BCUT2D eigenvalue weighted by molar-refractivity contribution is 0.475. The van der Waals surface area contributed by atoms with Gasteiger partial charge in [0.1, 0.15) is 11.3 Å². The molecule has 1 aromatic heterocycles. The zero-order chi connectivity index (χ0) is 10.3. The van der Waals surface area contributed by atoms with Crippen LogP contribution in [0.3, 0.4) is 0 Å². The van der Waals surface area contributed by atoms with Crippen molar-refractivity contribution in [2.75, 3.05) is 0 Å². The number of fused-ring (bicyclic) bond motifs is 1. The number of alkyl halides is 3. The van der Waals surface area contributed by atoms with Gasteiger partial charge in [0.15, 0.2) is 5.58 Å². The first kappa shape index (κ1) is 9.90. The monoisotopic (exact) mass is 251 g/mol. The molecule has 2 rings (SSSR count). The lowest BCUT2D eigenvalue weighted by Crippen LogP contribution is -1.99. The maximum atomic E-state index is 9.16. The molecule has 0 unspecified atom stereocenters. The molecule has 0 atom stereocenters. The van der Waals surface area contributed by atoms with E-state index in [0.717, 1.165) is 0 Å². The molecule has 0 aliphatic rings. The van der Waals surface area contributed by atoms with Crippen LogP contribution in [0, 0.1) is 0 Å².